The van der Waals surface area contributed by atoms with Crippen LogP contribution in [0.5, 0.6) is 0 Å². The Kier molecular flexibility index (Phi) is 5.23. The lowest BCUT2D eigenvalue weighted by molar-refractivity contribution is 0.0204. The number of hydrogen-bond donors (Lipinski definition) is 1. The lowest BCUT2D eigenvalue weighted by atomic mass is 9.93. The number of carbonyl (C=O) groups is 1. The van der Waals surface area contributed by atoms with Gasteiger partial charge in [-0.1, -0.05) is 23.5 Å². The van der Waals surface area contributed by atoms with E-state index in [0.717, 1.165) is 24.1 Å². The molecule has 3 heterocycles. The SMILES string of the molecule is CC(C)(C)OC(=O)N1CCC(c2cc(=O)n3nc(-c4cccc(N)c4)sc3n2)CC1. The topological polar surface area (TPSA) is 103 Å². The normalized spacial score (nSPS) is 15.5. The van der Waals surface area contributed by atoms with Crippen LogP contribution in [0, 0.1) is 0 Å². The molecule has 0 unspecified atom stereocenters. The minimum atomic E-state index is -0.511. The highest BCUT2D eigenvalue weighted by Crippen LogP contribution is 2.30. The van der Waals surface area contributed by atoms with E-state index in [1.807, 2.05) is 45.0 Å². The van der Waals surface area contributed by atoms with Crippen molar-refractivity contribution >= 4 is 28.1 Å². The number of hydrogen-bond acceptors (Lipinski definition) is 7. The van der Waals surface area contributed by atoms with E-state index in [4.69, 9.17) is 15.5 Å². The zero-order valence-corrected chi connectivity index (χ0v) is 18.1. The molecular weight excluding hydrogens is 402 g/mol. The third-order valence-electron chi connectivity index (χ3n) is 4.96. The number of piperidine rings is 1. The van der Waals surface area contributed by atoms with E-state index < -0.39 is 5.60 Å². The lowest BCUT2D eigenvalue weighted by Crippen LogP contribution is -2.41. The first-order valence-electron chi connectivity index (χ1n) is 9.94. The predicted molar refractivity (Wildman–Crippen MR) is 117 cm³/mol. The second-order valence-electron chi connectivity index (χ2n) is 8.49. The highest BCUT2D eigenvalue weighted by Gasteiger charge is 2.28. The Morgan fingerprint density at radius 2 is 1.97 bits per heavy atom. The molecule has 1 aromatic carbocycles. The average Bonchev–Trinajstić information content (AvgIpc) is 3.12. The number of aromatic nitrogens is 3. The summed E-state index contributed by atoms with van der Waals surface area (Å²) in [6.07, 6.45) is 1.18. The van der Waals surface area contributed by atoms with Gasteiger partial charge < -0.3 is 15.4 Å². The van der Waals surface area contributed by atoms with Gasteiger partial charge in [-0.3, -0.25) is 4.79 Å². The third kappa shape index (κ3) is 4.30. The maximum absolute atomic E-state index is 12.6. The molecule has 0 atom stereocenters. The van der Waals surface area contributed by atoms with E-state index in [1.165, 1.54) is 15.9 Å². The smallest absolute Gasteiger partial charge is 0.410 e. The zero-order valence-electron chi connectivity index (χ0n) is 17.3. The highest BCUT2D eigenvalue weighted by molar-refractivity contribution is 7.19. The third-order valence-corrected chi connectivity index (χ3v) is 5.92. The molecule has 3 aromatic rings. The number of rotatable bonds is 2. The van der Waals surface area contributed by atoms with Gasteiger partial charge >= 0.3 is 6.09 Å². The van der Waals surface area contributed by atoms with E-state index in [-0.39, 0.29) is 17.6 Å². The molecule has 1 amide bonds. The van der Waals surface area contributed by atoms with Crippen LogP contribution in [0.15, 0.2) is 35.1 Å². The summed E-state index contributed by atoms with van der Waals surface area (Å²) in [6, 6.07) is 8.96. The molecular formula is C21H25N5O3S. The summed E-state index contributed by atoms with van der Waals surface area (Å²) in [4.78, 5) is 31.9. The van der Waals surface area contributed by atoms with E-state index in [9.17, 15) is 9.59 Å². The van der Waals surface area contributed by atoms with Crippen molar-refractivity contribution in [1.29, 1.82) is 0 Å². The number of anilines is 1. The van der Waals surface area contributed by atoms with Crippen molar-refractivity contribution in [3.8, 4) is 10.6 Å². The van der Waals surface area contributed by atoms with Gasteiger partial charge in [0.1, 0.15) is 10.6 Å². The maximum Gasteiger partial charge on any atom is 0.410 e. The van der Waals surface area contributed by atoms with Gasteiger partial charge in [0.05, 0.1) is 5.69 Å². The fraction of sp³-hybridized carbons (Fsp3) is 0.429. The van der Waals surface area contributed by atoms with Gasteiger partial charge in [-0.15, -0.1) is 0 Å². The van der Waals surface area contributed by atoms with Crippen molar-refractivity contribution in [2.45, 2.75) is 45.1 Å². The molecule has 0 bridgehead atoms. The quantitative estimate of drug-likeness (QED) is 0.628. The molecule has 0 spiro atoms. The summed E-state index contributed by atoms with van der Waals surface area (Å²) in [6.45, 7) is 6.74. The van der Waals surface area contributed by atoms with Crippen LogP contribution in [-0.2, 0) is 4.74 Å². The van der Waals surface area contributed by atoms with Gasteiger partial charge in [-0.25, -0.2) is 9.78 Å². The molecule has 4 rings (SSSR count). The van der Waals surface area contributed by atoms with Crippen molar-refractivity contribution in [3.05, 3.63) is 46.4 Å². The molecule has 1 saturated heterocycles. The number of benzene rings is 1. The Hall–Kier alpha value is -2.94. The number of carbonyl (C=O) groups excluding carboxylic acids is 1. The number of amides is 1. The number of ether oxygens (including phenoxy) is 1. The van der Waals surface area contributed by atoms with Crippen molar-refractivity contribution in [2.24, 2.45) is 0 Å². The molecule has 2 aromatic heterocycles. The molecule has 0 radical (unpaired) electrons. The fourth-order valence-electron chi connectivity index (χ4n) is 3.51. The second-order valence-corrected chi connectivity index (χ2v) is 9.44. The number of nitrogen functional groups attached to an aromatic ring is 1. The van der Waals surface area contributed by atoms with E-state index in [1.54, 1.807) is 11.0 Å². The summed E-state index contributed by atoms with van der Waals surface area (Å²) in [5.41, 5.74) is 7.41. The second kappa shape index (κ2) is 7.71. The molecule has 30 heavy (non-hydrogen) atoms. The van der Waals surface area contributed by atoms with Crippen LogP contribution in [0.4, 0.5) is 10.5 Å². The maximum atomic E-state index is 12.6. The van der Waals surface area contributed by atoms with Gasteiger partial charge in [0.15, 0.2) is 0 Å². The molecule has 9 heteroatoms. The first-order valence-corrected chi connectivity index (χ1v) is 10.8. The predicted octanol–water partition coefficient (Wildman–Crippen LogP) is 3.51. The Bertz CT molecular complexity index is 1140. The molecule has 158 valence electrons. The van der Waals surface area contributed by atoms with Gasteiger partial charge in [0, 0.05) is 36.3 Å². The minimum absolute atomic E-state index is 0.124. The van der Waals surface area contributed by atoms with Crippen molar-refractivity contribution in [1.82, 2.24) is 19.5 Å². The molecule has 2 N–H and O–H groups in total. The van der Waals surface area contributed by atoms with Crippen LogP contribution in [-0.4, -0.2) is 44.3 Å². The summed E-state index contributed by atoms with van der Waals surface area (Å²) in [5, 5.41) is 5.11. The number of nitrogens with two attached hydrogens (primary N) is 1. The van der Waals surface area contributed by atoms with Crippen LogP contribution >= 0.6 is 11.3 Å². The van der Waals surface area contributed by atoms with Crippen LogP contribution < -0.4 is 11.3 Å². The molecule has 8 nitrogen and oxygen atoms in total. The van der Waals surface area contributed by atoms with Crippen molar-refractivity contribution in [3.63, 3.8) is 0 Å². The van der Waals surface area contributed by atoms with E-state index in [2.05, 4.69) is 5.10 Å². The lowest BCUT2D eigenvalue weighted by Gasteiger charge is -2.33. The van der Waals surface area contributed by atoms with Gasteiger partial charge in [-0.2, -0.15) is 9.61 Å². The Balaban J connectivity index is 1.53. The first-order chi connectivity index (χ1) is 14.2. The Morgan fingerprint density at radius 1 is 1.23 bits per heavy atom. The van der Waals surface area contributed by atoms with Gasteiger partial charge in [0.2, 0.25) is 4.96 Å². The molecule has 1 fully saturated rings. The van der Waals surface area contributed by atoms with Crippen molar-refractivity contribution < 1.29 is 9.53 Å². The van der Waals surface area contributed by atoms with Crippen LogP contribution in [0.3, 0.4) is 0 Å². The Morgan fingerprint density at radius 3 is 2.63 bits per heavy atom. The largest absolute Gasteiger partial charge is 0.444 e. The number of likely N-dealkylation sites (tertiary alicyclic amines) is 1. The highest BCUT2D eigenvalue weighted by atomic mass is 32.1. The number of fused-ring (bicyclic) bond motifs is 1. The van der Waals surface area contributed by atoms with Crippen LogP contribution in [0.2, 0.25) is 0 Å². The summed E-state index contributed by atoms with van der Waals surface area (Å²) in [7, 11) is 0. The first kappa shape index (κ1) is 20.3. The average molecular weight is 428 g/mol. The number of nitrogens with zero attached hydrogens (tertiary/aromatic N) is 4. The summed E-state index contributed by atoms with van der Waals surface area (Å²) in [5.74, 6) is 0.124. The molecule has 0 aliphatic carbocycles. The van der Waals surface area contributed by atoms with Crippen LogP contribution in [0.25, 0.3) is 15.5 Å². The standard InChI is InChI=1S/C21H25N5O3S/c1-21(2,3)29-20(28)25-9-7-13(8-10-25)16-12-17(27)26-19(23-16)30-18(24-26)14-5-4-6-15(22)11-14/h4-6,11-13H,7-10,22H2,1-3H3. The zero-order chi connectivity index (χ0) is 21.5. The summed E-state index contributed by atoms with van der Waals surface area (Å²) >= 11 is 1.36. The van der Waals surface area contributed by atoms with Gasteiger partial charge in [-0.05, 0) is 45.7 Å². The van der Waals surface area contributed by atoms with Crippen molar-refractivity contribution in [2.75, 3.05) is 18.8 Å². The summed E-state index contributed by atoms with van der Waals surface area (Å²) < 4.78 is 6.79. The molecule has 1 aliphatic rings. The molecule has 1 aliphatic heterocycles. The van der Waals surface area contributed by atoms with Crippen LogP contribution in [0.1, 0.15) is 45.2 Å². The minimum Gasteiger partial charge on any atom is -0.444 e. The van der Waals surface area contributed by atoms with E-state index in [0.29, 0.717) is 28.7 Å². The van der Waals surface area contributed by atoms with E-state index >= 15 is 0 Å². The van der Waals surface area contributed by atoms with Gasteiger partial charge in [0.25, 0.3) is 5.56 Å². The molecule has 0 saturated carbocycles. The monoisotopic (exact) mass is 427 g/mol. The fourth-order valence-corrected chi connectivity index (χ4v) is 4.42. The Labute approximate surface area is 178 Å².